The number of carbonyl (C=O) groups is 3. The molecule has 2 saturated heterocycles. The monoisotopic (exact) mass is 503 g/mol. The van der Waals surface area contributed by atoms with Crippen LogP contribution in [0, 0.1) is 5.41 Å². The number of fused-ring (bicyclic) bond motifs is 1. The molecule has 1 aliphatic carbocycles. The summed E-state index contributed by atoms with van der Waals surface area (Å²) in [7, 11) is 1.92. The van der Waals surface area contributed by atoms with Crippen molar-refractivity contribution in [1.29, 1.82) is 0 Å². The van der Waals surface area contributed by atoms with E-state index in [4.69, 9.17) is 4.98 Å². The third kappa shape index (κ3) is 4.13. The van der Waals surface area contributed by atoms with Gasteiger partial charge in [0, 0.05) is 61.1 Å². The van der Waals surface area contributed by atoms with Crippen LogP contribution in [-0.4, -0.2) is 71.4 Å². The first-order chi connectivity index (χ1) is 18.0. The van der Waals surface area contributed by atoms with E-state index in [-0.39, 0.29) is 23.8 Å². The van der Waals surface area contributed by atoms with E-state index in [1.165, 1.54) is 0 Å². The molecular weight excluding hydrogens is 470 g/mol. The van der Waals surface area contributed by atoms with Crippen LogP contribution >= 0.6 is 0 Å². The predicted octanol–water partition coefficient (Wildman–Crippen LogP) is 1.99. The van der Waals surface area contributed by atoms with Crippen molar-refractivity contribution in [2.45, 2.75) is 57.0 Å². The lowest BCUT2D eigenvalue weighted by atomic mass is 9.76. The summed E-state index contributed by atoms with van der Waals surface area (Å²) in [6.07, 6.45) is 7.51. The molecule has 3 fully saturated rings. The summed E-state index contributed by atoms with van der Waals surface area (Å²) in [6.45, 7) is 2.00. The zero-order chi connectivity index (χ0) is 25.6. The minimum absolute atomic E-state index is 0.0323. The molecule has 3 aliphatic heterocycles. The number of likely N-dealkylation sites (N-methyl/N-ethyl adjacent to an activating group) is 1. The Labute approximate surface area is 216 Å². The van der Waals surface area contributed by atoms with Crippen LogP contribution in [0.5, 0.6) is 0 Å². The largest absolute Gasteiger partial charge is 0.355 e. The average molecular weight is 504 g/mol. The summed E-state index contributed by atoms with van der Waals surface area (Å²) in [5.74, 6) is 0.719. The Morgan fingerprint density at radius 3 is 2.59 bits per heavy atom. The third-order valence-corrected chi connectivity index (χ3v) is 8.42. The highest BCUT2D eigenvalue weighted by molar-refractivity contribution is 6.14. The molecule has 0 radical (unpaired) electrons. The summed E-state index contributed by atoms with van der Waals surface area (Å²) in [5.41, 5.74) is 1.19. The smallest absolute Gasteiger partial charge is 0.253 e. The normalized spacial score (nSPS) is 25.6. The Kier molecular flexibility index (Phi) is 6.06. The number of rotatable bonds is 5. The molecule has 10 heteroatoms. The van der Waals surface area contributed by atoms with Crippen LogP contribution in [0.15, 0.2) is 30.5 Å². The van der Waals surface area contributed by atoms with Gasteiger partial charge in [0.25, 0.3) is 5.91 Å². The van der Waals surface area contributed by atoms with Crippen molar-refractivity contribution in [2.75, 3.05) is 36.9 Å². The Hall–Kier alpha value is -3.53. The molecule has 10 nitrogen and oxygen atoms in total. The van der Waals surface area contributed by atoms with E-state index in [0.29, 0.717) is 42.8 Å². The fraction of sp³-hybridized carbons (Fsp3) is 0.519. The van der Waals surface area contributed by atoms with Gasteiger partial charge in [0.2, 0.25) is 17.8 Å². The molecule has 37 heavy (non-hydrogen) atoms. The number of benzene rings is 1. The van der Waals surface area contributed by atoms with Gasteiger partial charge in [-0.3, -0.25) is 19.3 Å². The second kappa shape index (κ2) is 9.41. The first-order valence-electron chi connectivity index (χ1n) is 13.3. The number of hydrogen-bond donors (Lipinski definition) is 3. The SMILES string of the molecule is CN[C@H]1CCN(C(=O)c2ccc(Nc3ncc4c(n3)N(C3CCCC3)C(=O)C3(CCNC3=O)C4)cc2)C1. The Morgan fingerprint density at radius 2 is 1.92 bits per heavy atom. The minimum Gasteiger partial charge on any atom is -0.355 e. The Morgan fingerprint density at radius 1 is 1.14 bits per heavy atom. The van der Waals surface area contributed by atoms with E-state index < -0.39 is 5.41 Å². The van der Waals surface area contributed by atoms with Crippen LogP contribution in [0.3, 0.4) is 0 Å². The van der Waals surface area contributed by atoms with Gasteiger partial charge in [-0.25, -0.2) is 4.98 Å². The minimum atomic E-state index is -1.04. The molecule has 1 saturated carbocycles. The number of nitrogens with zero attached hydrogens (tertiary/aromatic N) is 4. The van der Waals surface area contributed by atoms with Gasteiger partial charge in [0.15, 0.2) is 0 Å². The van der Waals surface area contributed by atoms with E-state index in [0.717, 1.165) is 56.4 Å². The molecule has 194 valence electrons. The third-order valence-electron chi connectivity index (χ3n) is 8.42. The van der Waals surface area contributed by atoms with Crippen LogP contribution in [0.1, 0.15) is 54.4 Å². The lowest BCUT2D eigenvalue weighted by molar-refractivity contribution is -0.140. The van der Waals surface area contributed by atoms with Gasteiger partial charge in [-0.05, 0) is 57.0 Å². The fourth-order valence-electron chi connectivity index (χ4n) is 6.25. The summed E-state index contributed by atoms with van der Waals surface area (Å²) in [4.78, 5) is 52.4. The second-order valence-electron chi connectivity index (χ2n) is 10.6. The van der Waals surface area contributed by atoms with Crippen LogP contribution in [-0.2, 0) is 16.0 Å². The summed E-state index contributed by atoms with van der Waals surface area (Å²) < 4.78 is 0. The molecule has 1 unspecified atom stereocenters. The fourth-order valence-corrected chi connectivity index (χ4v) is 6.25. The predicted molar refractivity (Wildman–Crippen MR) is 139 cm³/mol. The molecule has 4 heterocycles. The van der Waals surface area contributed by atoms with Gasteiger partial charge in [-0.1, -0.05) is 12.8 Å². The topological polar surface area (TPSA) is 120 Å². The van der Waals surface area contributed by atoms with E-state index in [1.807, 2.05) is 36.2 Å². The van der Waals surface area contributed by atoms with Gasteiger partial charge < -0.3 is 20.9 Å². The lowest BCUT2D eigenvalue weighted by Gasteiger charge is -2.40. The van der Waals surface area contributed by atoms with E-state index in [9.17, 15) is 14.4 Å². The molecule has 1 spiro atoms. The van der Waals surface area contributed by atoms with E-state index in [1.54, 1.807) is 11.1 Å². The zero-order valence-corrected chi connectivity index (χ0v) is 21.1. The molecule has 2 atom stereocenters. The maximum Gasteiger partial charge on any atom is 0.253 e. The number of aromatic nitrogens is 2. The number of amides is 3. The first-order valence-corrected chi connectivity index (χ1v) is 13.3. The number of nitrogens with one attached hydrogen (secondary N) is 3. The van der Waals surface area contributed by atoms with Gasteiger partial charge in [-0.15, -0.1) is 0 Å². The van der Waals surface area contributed by atoms with Crippen molar-refractivity contribution in [3.05, 3.63) is 41.6 Å². The van der Waals surface area contributed by atoms with Crippen molar-refractivity contribution >= 4 is 35.2 Å². The molecule has 1 aromatic carbocycles. The lowest BCUT2D eigenvalue weighted by Crippen LogP contribution is -2.56. The molecule has 1 aromatic heterocycles. The number of anilines is 3. The standard InChI is InChI=1S/C27H33N7O3/c1-28-20-10-13-33(16-20)23(35)17-6-8-19(9-7-17)31-26-30-15-18-14-27(11-12-29-24(27)36)25(37)34(22(18)32-26)21-4-2-3-5-21/h6-9,15,20-21,28H,2-5,10-14,16H2,1H3,(H,29,36)(H,30,31,32)/t20-,27?/m0/s1. The zero-order valence-electron chi connectivity index (χ0n) is 21.1. The van der Waals surface area contributed by atoms with E-state index in [2.05, 4.69) is 20.9 Å². The second-order valence-corrected chi connectivity index (χ2v) is 10.6. The van der Waals surface area contributed by atoms with Crippen LogP contribution in [0.4, 0.5) is 17.5 Å². The van der Waals surface area contributed by atoms with Crippen molar-refractivity contribution in [3.63, 3.8) is 0 Å². The highest BCUT2D eigenvalue weighted by Gasteiger charge is 2.56. The molecule has 4 aliphatic rings. The number of hydrogen-bond acceptors (Lipinski definition) is 7. The van der Waals surface area contributed by atoms with Gasteiger partial charge >= 0.3 is 0 Å². The number of likely N-dealkylation sites (tertiary alicyclic amines) is 1. The van der Waals surface area contributed by atoms with Crippen molar-refractivity contribution in [2.24, 2.45) is 5.41 Å². The first kappa shape index (κ1) is 23.8. The molecule has 6 rings (SSSR count). The average Bonchev–Trinajstić information content (AvgIpc) is 3.68. The van der Waals surface area contributed by atoms with Gasteiger partial charge in [-0.2, -0.15) is 4.98 Å². The van der Waals surface area contributed by atoms with Crippen LogP contribution in [0.25, 0.3) is 0 Å². The molecule has 0 bridgehead atoms. The quantitative estimate of drug-likeness (QED) is 0.534. The summed E-state index contributed by atoms with van der Waals surface area (Å²) >= 11 is 0. The van der Waals surface area contributed by atoms with Crippen LogP contribution < -0.4 is 20.9 Å². The Bertz CT molecular complexity index is 1230. The highest BCUT2D eigenvalue weighted by atomic mass is 16.2. The van der Waals surface area contributed by atoms with Crippen molar-refractivity contribution in [1.82, 2.24) is 25.5 Å². The number of carbonyl (C=O) groups excluding carboxylic acids is 3. The van der Waals surface area contributed by atoms with Gasteiger partial charge in [0.1, 0.15) is 11.2 Å². The molecule has 2 aromatic rings. The summed E-state index contributed by atoms with van der Waals surface area (Å²) in [5, 5.41) is 9.33. The summed E-state index contributed by atoms with van der Waals surface area (Å²) in [6, 6.07) is 7.72. The maximum atomic E-state index is 13.8. The maximum absolute atomic E-state index is 13.8. The Balaban J connectivity index is 1.23. The molecular formula is C27H33N7O3. The highest BCUT2D eigenvalue weighted by Crippen LogP contribution is 2.44. The molecule has 3 amide bonds. The van der Waals surface area contributed by atoms with E-state index >= 15 is 0 Å². The van der Waals surface area contributed by atoms with Crippen molar-refractivity contribution < 1.29 is 14.4 Å². The van der Waals surface area contributed by atoms with Gasteiger partial charge in [0.05, 0.1) is 0 Å². The van der Waals surface area contributed by atoms with Crippen LogP contribution in [0.2, 0.25) is 0 Å². The molecule has 3 N–H and O–H groups in total. The van der Waals surface area contributed by atoms with Crippen molar-refractivity contribution in [3.8, 4) is 0 Å².